The van der Waals surface area contributed by atoms with Gasteiger partial charge in [-0.15, -0.1) is 9.94 Å². The number of aryl methyl sites for hydroxylation is 2. The molecular formula is C20H23ClN4O4S2. The van der Waals surface area contributed by atoms with Crippen LogP contribution in [0.2, 0.25) is 5.02 Å². The number of hydrogen-bond acceptors (Lipinski definition) is 5. The zero-order valence-corrected chi connectivity index (χ0v) is 19.0. The van der Waals surface area contributed by atoms with Gasteiger partial charge in [0.1, 0.15) is 11.4 Å². The first kappa shape index (κ1) is 26.0. The zero-order chi connectivity index (χ0) is 23.4. The molecule has 3 aromatic rings. The zero-order valence-electron chi connectivity index (χ0n) is 16.6. The van der Waals surface area contributed by atoms with Crippen molar-refractivity contribution in [3.05, 3.63) is 70.9 Å². The fraction of sp³-hybridized carbons (Fsp3) is 0.150. The van der Waals surface area contributed by atoms with Gasteiger partial charge in [0.05, 0.1) is 12.8 Å². The molecule has 1 aromatic heterocycles. The van der Waals surface area contributed by atoms with E-state index in [0.29, 0.717) is 10.7 Å². The molecular weight excluding hydrogens is 460 g/mol. The minimum atomic E-state index is -0.500. The number of nitrogens with two attached hydrogens (primary N) is 2. The molecule has 1 heterocycles. The number of ether oxygens (including phenoxy) is 1. The smallest absolute Gasteiger partial charge is 0.251 e. The van der Waals surface area contributed by atoms with Crippen molar-refractivity contribution in [2.45, 2.75) is 12.8 Å². The molecule has 0 radical (unpaired) electrons. The number of aliphatic hydroxyl groups excluding tert-OH is 2. The third-order valence-corrected chi connectivity index (χ3v) is 3.96. The van der Waals surface area contributed by atoms with E-state index in [0.717, 1.165) is 34.7 Å². The molecule has 31 heavy (non-hydrogen) atoms. The van der Waals surface area contributed by atoms with Crippen molar-refractivity contribution < 1.29 is 20.2 Å². The van der Waals surface area contributed by atoms with Gasteiger partial charge in [0.2, 0.25) is 0 Å². The second kappa shape index (κ2) is 13.3. The first-order valence-corrected chi connectivity index (χ1v) is 9.95. The van der Waals surface area contributed by atoms with Crippen LogP contribution in [0.15, 0.2) is 54.6 Å². The molecule has 0 bridgehead atoms. The number of benzene rings is 2. The lowest BCUT2D eigenvalue weighted by molar-refractivity contribution is 0.152. The highest BCUT2D eigenvalue weighted by Gasteiger charge is 2.09. The highest BCUT2D eigenvalue weighted by molar-refractivity contribution is 7.80. The summed E-state index contributed by atoms with van der Waals surface area (Å²) in [6.45, 7) is 0. The van der Waals surface area contributed by atoms with Gasteiger partial charge in [-0.05, 0) is 73.2 Å². The normalized spacial score (nSPS) is 9.48. The lowest BCUT2D eigenvalue weighted by Gasteiger charge is -2.02. The van der Waals surface area contributed by atoms with E-state index in [2.05, 4.69) is 41.0 Å². The maximum absolute atomic E-state index is 9.98. The van der Waals surface area contributed by atoms with Gasteiger partial charge in [-0.3, -0.25) is 0 Å². The number of hydrogen-bond donors (Lipinski definition) is 5. The SMILES string of the molecule is COc1ccc(CCc2cc(-c3ccc(Cl)cc3)n(O)n2)cc1.NC(O)=S.NC(O)=S. The molecule has 0 amide bonds. The summed E-state index contributed by atoms with van der Waals surface area (Å²) >= 11 is 13.6. The van der Waals surface area contributed by atoms with Crippen molar-refractivity contribution in [3.63, 3.8) is 0 Å². The molecule has 0 aliphatic heterocycles. The number of methoxy groups -OCH3 is 1. The Kier molecular flexibility index (Phi) is 11.1. The summed E-state index contributed by atoms with van der Waals surface area (Å²) in [5, 5.41) is 28.9. The van der Waals surface area contributed by atoms with Crippen molar-refractivity contribution in [2.24, 2.45) is 11.5 Å². The maximum atomic E-state index is 9.98. The van der Waals surface area contributed by atoms with E-state index in [-0.39, 0.29) is 0 Å². The number of rotatable bonds is 5. The maximum Gasteiger partial charge on any atom is 0.251 e. The van der Waals surface area contributed by atoms with E-state index in [9.17, 15) is 5.21 Å². The summed E-state index contributed by atoms with van der Waals surface area (Å²) in [5.41, 5.74) is 12.4. The van der Waals surface area contributed by atoms with Crippen molar-refractivity contribution in [1.82, 2.24) is 9.94 Å². The van der Waals surface area contributed by atoms with Crippen molar-refractivity contribution in [2.75, 3.05) is 7.11 Å². The molecule has 166 valence electrons. The van der Waals surface area contributed by atoms with E-state index in [1.807, 2.05) is 42.5 Å². The van der Waals surface area contributed by atoms with Crippen LogP contribution in [0.3, 0.4) is 0 Å². The van der Waals surface area contributed by atoms with Gasteiger partial charge in [-0.25, -0.2) is 0 Å². The number of aromatic nitrogens is 2. The van der Waals surface area contributed by atoms with Gasteiger partial charge < -0.3 is 31.6 Å². The molecule has 0 aliphatic rings. The lowest BCUT2D eigenvalue weighted by atomic mass is 10.1. The molecule has 7 N–H and O–H groups in total. The fourth-order valence-electron chi connectivity index (χ4n) is 2.43. The summed E-state index contributed by atoms with van der Waals surface area (Å²) in [6.07, 6.45) is 1.60. The third-order valence-electron chi connectivity index (χ3n) is 3.71. The van der Waals surface area contributed by atoms with Crippen molar-refractivity contribution >= 4 is 46.4 Å². The monoisotopic (exact) mass is 482 g/mol. The summed E-state index contributed by atoms with van der Waals surface area (Å²) in [7, 11) is 1.65. The molecule has 0 atom stereocenters. The van der Waals surface area contributed by atoms with Crippen LogP contribution in [0.1, 0.15) is 11.3 Å². The minimum absolute atomic E-state index is 0.500. The molecule has 3 rings (SSSR count). The molecule has 0 fully saturated rings. The highest BCUT2D eigenvalue weighted by atomic mass is 35.5. The van der Waals surface area contributed by atoms with Crippen LogP contribution in [-0.2, 0) is 12.8 Å². The topological polar surface area (TPSA) is 140 Å². The largest absolute Gasteiger partial charge is 0.497 e. The van der Waals surface area contributed by atoms with Gasteiger partial charge in [0, 0.05) is 10.6 Å². The van der Waals surface area contributed by atoms with Gasteiger partial charge in [-0.2, -0.15) is 0 Å². The average molecular weight is 483 g/mol. The molecule has 0 saturated carbocycles. The second-order valence-electron chi connectivity index (χ2n) is 5.94. The minimum Gasteiger partial charge on any atom is -0.497 e. The van der Waals surface area contributed by atoms with E-state index >= 15 is 0 Å². The Hall–Kier alpha value is -3.08. The third kappa shape index (κ3) is 10.5. The van der Waals surface area contributed by atoms with E-state index < -0.39 is 10.3 Å². The Morgan fingerprint density at radius 2 is 1.52 bits per heavy atom. The number of nitrogens with zero attached hydrogens (tertiary/aromatic N) is 2. The predicted octanol–water partition coefficient (Wildman–Crippen LogP) is 3.81. The number of aliphatic hydroxyl groups is 2. The van der Waals surface area contributed by atoms with Crippen LogP contribution in [0, 0.1) is 0 Å². The summed E-state index contributed by atoms with van der Waals surface area (Å²) < 4.78 is 5.15. The van der Waals surface area contributed by atoms with E-state index in [1.54, 1.807) is 19.2 Å². The summed E-state index contributed by atoms with van der Waals surface area (Å²) in [4.78, 5) is 0.923. The van der Waals surface area contributed by atoms with Crippen LogP contribution < -0.4 is 16.2 Å². The van der Waals surface area contributed by atoms with Gasteiger partial charge in [0.15, 0.2) is 0 Å². The fourth-order valence-corrected chi connectivity index (χ4v) is 2.55. The van der Waals surface area contributed by atoms with Crippen LogP contribution in [0.4, 0.5) is 0 Å². The van der Waals surface area contributed by atoms with Crippen LogP contribution in [-0.4, -0.2) is 42.8 Å². The first-order chi connectivity index (χ1) is 14.6. The number of thiocarbonyl (C=S) groups is 2. The van der Waals surface area contributed by atoms with Crippen LogP contribution in [0.5, 0.6) is 5.75 Å². The Balaban J connectivity index is 0.000000519. The highest BCUT2D eigenvalue weighted by Crippen LogP contribution is 2.22. The predicted molar refractivity (Wildman–Crippen MR) is 129 cm³/mol. The Bertz CT molecular complexity index is 960. The molecule has 0 unspecified atom stereocenters. The first-order valence-electron chi connectivity index (χ1n) is 8.76. The van der Waals surface area contributed by atoms with Gasteiger partial charge >= 0.3 is 0 Å². The Labute approximate surface area is 195 Å². The molecule has 11 heteroatoms. The Morgan fingerprint density at radius 1 is 1.00 bits per heavy atom. The van der Waals surface area contributed by atoms with Crippen molar-refractivity contribution in [3.8, 4) is 17.0 Å². The van der Waals surface area contributed by atoms with Crippen LogP contribution in [0.25, 0.3) is 11.3 Å². The van der Waals surface area contributed by atoms with Gasteiger partial charge in [-0.1, -0.05) is 35.9 Å². The molecule has 0 spiro atoms. The summed E-state index contributed by atoms with van der Waals surface area (Å²) in [6, 6.07) is 17.2. The summed E-state index contributed by atoms with van der Waals surface area (Å²) in [5.74, 6) is 0.846. The van der Waals surface area contributed by atoms with E-state index in [4.69, 9.17) is 26.6 Å². The Morgan fingerprint density at radius 3 is 2.00 bits per heavy atom. The van der Waals surface area contributed by atoms with E-state index in [1.165, 1.54) is 5.56 Å². The molecule has 0 saturated heterocycles. The van der Waals surface area contributed by atoms with Gasteiger partial charge in [0.25, 0.3) is 10.3 Å². The molecule has 8 nitrogen and oxygen atoms in total. The van der Waals surface area contributed by atoms with Crippen LogP contribution >= 0.6 is 36.0 Å². The lowest BCUT2D eigenvalue weighted by Crippen LogP contribution is -2.03. The average Bonchev–Trinajstić information content (AvgIpc) is 3.07. The quantitative estimate of drug-likeness (QED) is 0.271. The molecule has 2 aromatic carbocycles. The second-order valence-corrected chi connectivity index (χ2v) is 7.21. The number of halogens is 1. The standard InChI is InChI=1S/C18H17ClN2O2.2CH3NOS/c1-23-17-10-3-13(4-11-17)2-9-16-12-18(21(22)20-16)14-5-7-15(19)8-6-14;2*2-1(3)4/h3-8,10-12,22H,2,9H2,1H3;2*(H3,2,3,4). The van der Waals surface area contributed by atoms with Crippen molar-refractivity contribution in [1.29, 1.82) is 0 Å². The molecule has 0 aliphatic carbocycles.